The summed E-state index contributed by atoms with van der Waals surface area (Å²) in [6.45, 7) is 5.58. The molecule has 0 saturated carbocycles. The van der Waals surface area contributed by atoms with Gasteiger partial charge in [0, 0.05) is 19.2 Å². The largest absolute Gasteiger partial charge is 0.493 e. The normalized spacial score (nSPS) is 12.3. The average molecular weight is 418 g/mol. The predicted octanol–water partition coefficient (Wildman–Crippen LogP) is 4.54. The van der Waals surface area contributed by atoms with Crippen LogP contribution in [0.2, 0.25) is 5.02 Å². The van der Waals surface area contributed by atoms with Gasteiger partial charge in [0.05, 0.1) is 18.7 Å². The summed E-state index contributed by atoms with van der Waals surface area (Å²) in [7, 11) is 1.55. The molecule has 1 aliphatic heterocycles. The highest BCUT2D eigenvalue weighted by molar-refractivity contribution is 6.32. The van der Waals surface area contributed by atoms with Gasteiger partial charge in [-0.3, -0.25) is 4.79 Å². The third kappa shape index (κ3) is 4.95. The summed E-state index contributed by atoms with van der Waals surface area (Å²) in [6.07, 6.45) is 3.25. The van der Waals surface area contributed by atoms with Gasteiger partial charge in [-0.1, -0.05) is 17.7 Å². The highest BCUT2D eigenvalue weighted by Crippen LogP contribution is 2.37. The Morgan fingerprint density at radius 3 is 2.72 bits per heavy atom. The molecule has 0 radical (unpaired) electrons. The first-order valence-electron chi connectivity index (χ1n) is 9.41. The molecule has 29 heavy (non-hydrogen) atoms. The minimum atomic E-state index is -0.103. The summed E-state index contributed by atoms with van der Waals surface area (Å²) in [5.41, 5.74) is 1.73. The van der Waals surface area contributed by atoms with Crippen molar-refractivity contribution in [3.05, 3.63) is 52.6 Å². The van der Waals surface area contributed by atoms with Crippen molar-refractivity contribution in [2.45, 2.75) is 20.4 Å². The lowest BCUT2D eigenvalue weighted by atomic mass is 10.1. The third-order valence-corrected chi connectivity index (χ3v) is 4.74. The number of benzene rings is 2. The molecule has 6 nitrogen and oxygen atoms in total. The van der Waals surface area contributed by atoms with Gasteiger partial charge in [0.15, 0.2) is 23.0 Å². The highest BCUT2D eigenvalue weighted by Gasteiger charge is 2.16. The van der Waals surface area contributed by atoms with Gasteiger partial charge in [0.2, 0.25) is 12.7 Å². The first-order chi connectivity index (χ1) is 14.0. The first-order valence-corrected chi connectivity index (χ1v) is 9.79. The summed E-state index contributed by atoms with van der Waals surface area (Å²) < 4.78 is 21.6. The third-order valence-electron chi connectivity index (χ3n) is 4.46. The van der Waals surface area contributed by atoms with Gasteiger partial charge in [-0.2, -0.15) is 0 Å². The summed E-state index contributed by atoms with van der Waals surface area (Å²) in [4.78, 5) is 14.4. The van der Waals surface area contributed by atoms with Gasteiger partial charge >= 0.3 is 0 Å². The maximum Gasteiger partial charge on any atom is 0.246 e. The molecule has 0 N–H and O–H groups in total. The monoisotopic (exact) mass is 417 g/mol. The fourth-order valence-corrected chi connectivity index (χ4v) is 3.27. The molecule has 0 atom stereocenters. The number of nitrogens with zero attached hydrogens (tertiary/aromatic N) is 1. The van der Waals surface area contributed by atoms with Crippen molar-refractivity contribution < 1.29 is 23.7 Å². The van der Waals surface area contributed by atoms with Crippen LogP contribution in [-0.4, -0.2) is 37.9 Å². The molecule has 1 heterocycles. The molecular formula is C22H24ClNO5. The number of hydrogen-bond acceptors (Lipinski definition) is 5. The molecule has 1 amide bonds. The van der Waals surface area contributed by atoms with Crippen molar-refractivity contribution in [3.8, 4) is 23.0 Å². The molecule has 0 fully saturated rings. The molecule has 0 unspecified atom stereocenters. The van der Waals surface area contributed by atoms with Gasteiger partial charge in [-0.05, 0) is 55.3 Å². The minimum Gasteiger partial charge on any atom is -0.493 e. The average Bonchev–Trinajstić information content (AvgIpc) is 3.19. The lowest BCUT2D eigenvalue weighted by Crippen LogP contribution is -2.28. The molecule has 154 valence electrons. The Kier molecular flexibility index (Phi) is 6.88. The van der Waals surface area contributed by atoms with Crippen molar-refractivity contribution >= 4 is 23.6 Å². The smallest absolute Gasteiger partial charge is 0.246 e. The minimum absolute atomic E-state index is 0.103. The van der Waals surface area contributed by atoms with Crippen LogP contribution >= 0.6 is 11.6 Å². The van der Waals surface area contributed by atoms with Gasteiger partial charge in [0.25, 0.3) is 0 Å². The van der Waals surface area contributed by atoms with E-state index >= 15 is 0 Å². The van der Waals surface area contributed by atoms with E-state index in [1.807, 2.05) is 32.0 Å². The Balaban J connectivity index is 1.72. The maximum atomic E-state index is 12.7. The van der Waals surface area contributed by atoms with Crippen molar-refractivity contribution in [1.29, 1.82) is 0 Å². The maximum absolute atomic E-state index is 12.7. The van der Waals surface area contributed by atoms with Crippen molar-refractivity contribution in [1.82, 2.24) is 4.90 Å². The van der Waals surface area contributed by atoms with E-state index in [1.54, 1.807) is 30.2 Å². The molecule has 7 heteroatoms. The summed E-state index contributed by atoms with van der Waals surface area (Å²) in [5.74, 6) is 2.36. The van der Waals surface area contributed by atoms with Crippen molar-refractivity contribution in [2.75, 3.05) is 27.1 Å². The number of methoxy groups -OCH3 is 1. The fourth-order valence-electron chi connectivity index (χ4n) is 3.00. The molecule has 2 aromatic rings. The number of amides is 1. The van der Waals surface area contributed by atoms with E-state index in [9.17, 15) is 4.79 Å². The van der Waals surface area contributed by atoms with Gasteiger partial charge in [-0.25, -0.2) is 0 Å². The molecule has 3 rings (SSSR count). The Hall–Kier alpha value is -2.86. The number of hydrogen-bond donors (Lipinski definition) is 0. The van der Waals surface area contributed by atoms with Crippen LogP contribution in [0.5, 0.6) is 23.0 Å². The number of carbonyl (C=O) groups excluding carboxylic acids is 1. The predicted molar refractivity (Wildman–Crippen MR) is 112 cm³/mol. The number of ether oxygens (including phenoxy) is 4. The molecule has 0 saturated heterocycles. The Morgan fingerprint density at radius 1 is 1.21 bits per heavy atom. The number of likely N-dealkylation sites (N-methyl/N-ethyl adjacent to an activating group) is 1. The van der Waals surface area contributed by atoms with Crippen LogP contribution in [0.15, 0.2) is 36.4 Å². The fraction of sp³-hybridized carbons (Fsp3) is 0.318. The second kappa shape index (κ2) is 9.56. The molecule has 0 spiro atoms. The SMILES string of the molecule is CCOc1c(Cl)cc(/C=C/C(=O)N(CC)Cc2ccc3c(c2)OCO3)cc1OC. The molecule has 0 bridgehead atoms. The van der Waals surface area contributed by atoms with Crippen LogP contribution in [0.25, 0.3) is 6.08 Å². The van der Waals surface area contributed by atoms with Crippen LogP contribution in [0.4, 0.5) is 0 Å². The first kappa shape index (κ1) is 20.9. The molecule has 0 aliphatic carbocycles. The standard InChI is InChI=1S/C22H24ClNO5/c1-4-24(13-16-6-8-18-19(12-16)29-14-28-18)21(25)9-7-15-10-17(23)22(27-5-2)20(11-15)26-3/h6-12H,4-5,13-14H2,1-3H3/b9-7+. The van der Waals surface area contributed by atoms with E-state index in [1.165, 1.54) is 6.08 Å². The van der Waals surface area contributed by atoms with E-state index in [0.717, 1.165) is 16.9 Å². The van der Waals surface area contributed by atoms with Crippen LogP contribution < -0.4 is 18.9 Å². The zero-order chi connectivity index (χ0) is 20.8. The number of carbonyl (C=O) groups is 1. The summed E-state index contributed by atoms with van der Waals surface area (Å²) in [5, 5.41) is 0.436. The van der Waals surface area contributed by atoms with E-state index in [0.29, 0.717) is 42.0 Å². The summed E-state index contributed by atoms with van der Waals surface area (Å²) in [6, 6.07) is 9.23. The van der Waals surface area contributed by atoms with Crippen molar-refractivity contribution in [3.63, 3.8) is 0 Å². The van der Waals surface area contributed by atoms with Gasteiger partial charge in [0.1, 0.15) is 0 Å². The summed E-state index contributed by atoms with van der Waals surface area (Å²) >= 11 is 6.29. The molecule has 1 aliphatic rings. The van der Waals surface area contributed by atoms with E-state index in [2.05, 4.69) is 0 Å². The Bertz CT molecular complexity index is 912. The van der Waals surface area contributed by atoms with Crippen LogP contribution in [0, 0.1) is 0 Å². The molecule has 2 aromatic carbocycles. The van der Waals surface area contributed by atoms with Gasteiger partial charge < -0.3 is 23.8 Å². The lowest BCUT2D eigenvalue weighted by Gasteiger charge is -2.19. The zero-order valence-electron chi connectivity index (χ0n) is 16.7. The van der Waals surface area contributed by atoms with Crippen LogP contribution in [0.3, 0.4) is 0 Å². The Morgan fingerprint density at radius 2 is 2.00 bits per heavy atom. The topological polar surface area (TPSA) is 57.2 Å². The van der Waals surface area contributed by atoms with E-state index in [4.69, 9.17) is 30.5 Å². The number of halogens is 1. The molecular weight excluding hydrogens is 394 g/mol. The zero-order valence-corrected chi connectivity index (χ0v) is 17.5. The highest BCUT2D eigenvalue weighted by atomic mass is 35.5. The number of fused-ring (bicyclic) bond motifs is 1. The van der Waals surface area contributed by atoms with E-state index in [-0.39, 0.29) is 12.7 Å². The second-order valence-electron chi connectivity index (χ2n) is 6.34. The second-order valence-corrected chi connectivity index (χ2v) is 6.75. The quantitative estimate of drug-likeness (QED) is 0.590. The van der Waals surface area contributed by atoms with Crippen molar-refractivity contribution in [2.24, 2.45) is 0 Å². The number of rotatable bonds is 8. The van der Waals surface area contributed by atoms with Crippen LogP contribution in [0.1, 0.15) is 25.0 Å². The van der Waals surface area contributed by atoms with E-state index < -0.39 is 0 Å². The lowest BCUT2D eigenvalue weighted by molar-refractivity contribution is -0.126. The Labute approximate surface area is 175 Å². The molecule has 0 aromatic heterocycles. The van der Waals surface area contributed by atoms with Crippen LogP contribution in [-0.2, 0) is 11.3 Å². The van der Waals surface area contributed by atoms with Gasteiger partial charge in [-0.15, -0.1) is 0 Å².